The zero-order valence-electron chi connectivity index (χ0n) is 13.1. The lowest BCUT2D eigenvalue weighted by Crippen LogP contribution is -2.12. The van der Waals surface area contributed by atoms with Crippen molar-refractivity contribution in [3.05, 3.63) is 52.7 Å². The molecule has 8 heteroatoms. The normalized spacial score (nSPS) is 11.6. The van der Waals surface area contributed by atoms with Gasteiger partial charge in [-0.1, -0.05) is 22.9 Å². The summed E-state index contributed by atoms with van der Waals surface area (Å²) in [5.41, 5.74) is 0.543. The topological polar surface area (TPSA) is 96.6 Å². The molecule has 0 aliphatic heterocycles. The van der Waals surface area contributed by atoms with Gasteiger partial charge < -0.3 is 14.8 Å². The second-order valence-corrected chi connectivity index (χ2v) is 8.52. The van der Waals surface area contributed by atoms with Crippen LogP contribution in [0.1, 0.15) is 17.5 Å². The van der Waals surface area contributed by atoms with E-state index in [-0.39, 0.29) is 27.8 Å². The first-order chi connectivity index (χ1) is 11.8. The Balaban J connectivity index is 1.93. The Hall–Kier alpha value is -2.32. The molecule has 0 bridgehead atoms. The van der Waals surface area contributed by atoms with Crippen molar-refractivity contribution in [2.24, 2.45) is 0 Å². The largest absolute Gasteiger partial charge is 0.506 e. The third kappa shape index (κ3) is 3.54. The first-order valence-corrected chi connectivity index (χ1v) is 9.81. The summed E-state index contributed by atoms with van der Waals surface area (Å²) in [7, 11) is -3.45. The van der Waals surface area contributed by atoms with E-state index >= 15 is 0 Å². The number of amides is 1. The number of aromatic hydroxyl groups is 1. The van der Waals surface area contributed by atoms with Crippen molar-refractivity contribution in [3.63, 3.8) is 0 Å². The molecule has 0 saturated carbocycles. The molecule has 3 aromatic rings. The summed E-state index contributed by atoms with van der Waals surface area (Å²) in [5, 5.41) is 13.1. The molecule has 0 unspecified atom stereocenters. The van der Waals surface area contributed by atoms with Gasteiger partial charge in [-0.15, -0.1) is 0 Å². The highest BCUT2D eigenvalue weighted by atomic mass is 79.9. The average Bonchev–Trinajstić information content (AvgIpc) is 2.99. The van der Waals surface area contributed by atoms with Crippen LogP contribution in [0, 0.1) is 0 Å². The van der Waals surface area contributed by atoms with E-state index in [9.17, 15) is 18.3 Å². The number of halogens is 1. The molecule has 0 spiro atoms. The van der Waals surface area contributed by atoms with Gasteiger partial charge in [-0.3, -0.25) is 4.79 Å². The van der Waals surface area contributed by atoms with E-state index in [0.29, 0.717) is 5.58 Å². The predicted molar refractivity (Wildman–Crippen MR) is 97.7 cm³/mol. The molecule has 0 aliphatic rings. The summed E-state index contributed by atoms with van der Waals surface area (Å²) in [6.07, 6.45) is 0. The number of anilines is 1. The molecule has 0 atom stereocenters. The first kappa shape index (κ1) is 17.5. The Morgan fingerprint density at radius 1 is 1.20 bits per heavy atom. The molecule has 0 aliphatic carbocycles. The lowest BCUT2D eigenvalue weighted by Gasteiger charge is -2.08. The molecule has 1 amide bonds. The summed E-state index contributed by atoms with van der Waals surface area (Å²) in [5.74, 6) is -0.851. The van der Waals surface area contributed by atoms with Crippen molar-refractivity contribution in [3.8, 4) is 5.75 Å². The fourth-order valence-corrected chi connectivity index (χ4v) is 3.57. The molecule has 0 radical (unpaired) electrons. The Morgan fingerprint density at radius 2 is 1.96 bits per heavy atom. The minimum Gasteiger partial charge on any atom is -0.506 e. The molecular formula is C17H14BrNO5S. The highest BCUT2D eigenvalue weighted by molar-refractivity contribution is 9.10. The fraction of sp³-hybridized carbons (Fsp3) is 0.118. The van der Waals surface area contributed by atoms with Gasteiger partial charge in [0.15, 0.2) is 15.6 Å². The number of phenolic OH excluding ortho intramolecular Hbond substituents is 1. The van der Waals surface area contributed by atoms with Crippen LogP contribution in [0.3, 0.4) is 0 Å². The van der Waals surface area contributed by atoms with Crippen LogP contribution < -0.4 is 5.32 Å². The summed E-state index contributed by atoms with van der Waals surface area (Å²) in [6.45, 7) is 1.52. The van der Waals surface area contributed by atoms with Gasteiger partial charge in [0.05, 0.1) is 16.3 Å². The van der Waals surface area contributed by atoms with Crippen LogP contribution >= 0.6 is 15.9 Å². The Bertz CT molecular complexity index is 1070. The van der Waals surface area contributed by atoms with Crippen LogP contribution in [0.5, 0.6) is 5.75 Å². The Labute approximate surface area is 152 Å². The van der Waals surface area contributed by atoms with Crippen LogP contribution in [-0.2, 0) is 9.84 Å². The van der Waals surface area contributed by atoms with Crippen molar-refractivity contribution < 1.29 is 22.7 Å². The number of carbonyl (C=O) groups is 1. The third-order valence-corrected chi connectivity index (χ3v) is 5.88. The zero-order chi connectivity index (χ0) is 18.2. The van der Waals surface area contributed by atoms with Gasteiger partial charge in [-0.2, -0.15) is 0 Å². The zero-order valence-corrected chi connectivity index (χ0v) is 15.5. The van der Waals surface area contributed by atoms with E-state index in [2.05, 4.69) is 21.2 Å². The van der Waals surface area contributed by atoms with Crippen LogP contribution in [0.2, 0.25) is 0 Å². The maximum absolute atomic E-state index is 12.4. The van der Waals surface area contributed by atoms with Gasteiger partial charge in [-0.05, 0) is 42.5 Å². The number of nitrogens with one attached hydrogen (secondary N) is 1. The number of furan rings is 1. The lowest BCUT2D eigenvalue weighted by atomic mass is 10.2. The number of fused-ring (bicyclic) bond motifs is 1. The van der Waals surface area contributed by atoms with Crippen LogP contribution in [0.15, 0.2) is 56.2 Å². The average molecular weight is 424 g/mol. The summed E-state index contributed by atoms with van der Waals surface area (Å²) in [4.78, 5) is 12.4. The van der Waals surface area contributed by atoms with Crippen LogP contribution in [-0.4, -0.2) is 25.2 Å². The molecule has 2 aromatic carbocycles. The Kier molecular flexibility index (Phi) is 4.57. The smallest absolute Gasteiger partial charge is 0.291 e. The standard InChI is InChI=1S/C17H14BrNO5S/c1-2-25(22,23)12-4-5-14(20)13(9-12)19-17(21)16-8-10-7-11(18)3-6-15(10)24-16/h3-9,20H,2H2,1H3,(H,19,21). The molecular weight excluding hydrogens is 410 g/mol. The molecule has 130 valence electrons. The molecule has 25 heavy (non-hydrogen) atoms. The van der Waals surface area contributed by atoms with Crippen LogP contribution in [0.4, 0.5) is 5.69 Å². The number of hydrogen-bond acceptors (Lipinski definition) is 5. The van der Waals surface area contributed by atoms with Crippen molar-refractivity contribution in [2.45, 2.75) is 11.8 Å². The maximum atomic E-state index is 12.4. The number of carbonyl (C=O) groups excluding carboxylic acids is 1. The Morgan fingerprint density at radius 3 is 2.68 bits per heavy atom. The highest BCUT2D eigenvalue weighted by Crippen LogP contribution is 2.29. The number of sulfone groups is 1. The molecule has 0 saturated heterocycles. The minimum absolute atomic E-state index is 0.00108. The summed E-state index contributed by atoms with van der Waals surface area (Å²) < 4.78 is 30.2. The van der Waals surface area contributed by atoms with Gasteiger partial charge >= 0.3 is 0 Å². The van der Waals surface area contributed by atoms with Gasteiger partial charge in [0, 0.05) is 9.86 Å². The molecule has 0 fully saturated rings. The summed E-state index contributed by atoms with van der Waals surface area (Å²) in [6, 6.07) is 10.6. The SMILES string of the molecule is CCS(=O)(=O)c1ccc(O)c(NC(=O)c2cc3cc(Br)ccc3o2)c1. The minimum atomic E-state index is -3.45. The van der Waals surface area contributed by atoms with E-state index < -0.39 is 15.7 Å². The van der Waals surface area contributed by atoms with E-state index in [4.69, 9.17) is 4.42 Å². The van der Waals surface area contributed by atoms with Gasteiger partial charge in [0.25, 0.3) is 5.91 Å². The van der Waals surface area contributed by atoms with Crippen molar-refractivity contribution in [2.75, 3.05) is 11.1 Å². The molecule has 6 nitrogen and oxygen atoms in total. The van der Waals surface area contributed by atoms with Crippen molar-refractivity contribution in [1.82, 2.24) is 0 Å². The van der Waals surface area contributed by atoms with Crippen molar-refractivity contribution >= 4 is 48.3 Å². The highest BCUT2D eigenvalue weighted by Gasteiger charge is 2.18. The van der Waals surface area contributed by atoms with Crippen molar-refractivity contribution in [1.29, 1.82) is 0 Å². The molecule has 1 heterocycles. The second-order valence-electron chi connectivity index (χ2n) is 5.33. The molecule has 2 N–H and O–H groups in total. The van der Waals surface area contributed by atoms with E-state index in [1.165, 1.54) is 25.1 Å². The number of rotatable bonds is 4. The van der Waals surface area contributed by atoms with E-state index in [0.717, 1.165) is 9.86 Å². The lowest BCUT2D eigenvalue weighted by molar-refractivity contribution is 0.0998. The van der Waals surface area contributed by atoms with Gasteiger partial charge in [0.1, 0.15) is 11.3 Å². The fourth-order valence-electron chi connectivity index (χ4n) is 2.29. The molecule has 1 aromatic heterocycles. The molecule has 3 rings (SSSR count). The van der Waals surface area contributed by atoms with E-state index in [1.54, 1.807) is 18.2 Å². The summed E-state index contributed by atoms with van der Waals surface area (Å²) >= 11 is 3.34. The number of hydrogen-bond donors (Lipinski definition) is 2. The second kappa shape index (κ2) is 6.53. The van der Waals surface area contributed by atoms with Gasteiger partial charge in [0.2, 0.25) is 0 Å². The number of benzene rings is 2. The van der Waals surface area contributed by atoms with Gasteiger partial charge in [-0.25, -0.2) is 8.42 Å². The quantitative estimate of drug-likeness (QED) is 0.619. The van der Waals surface area contributed by atoms with Crippen LogP contribution in [0.25, 0.3) is 11.0 Å². The number of phenols is 1. The third-order valence-electron chi connectivity index (χ3n) is 3.66. The maximum Gasteiger partial charge on any atom is 0.291 e. The predicted octanol–water partition coefficient (Wildman–Crippen LogP) is 3.95. The monoisotopic (exact) mass is 423 g/mol. The first-order valence-electron chi connectivity index (χ1n) is 7.36. The van der Waals surface area contributed by atoms with E-state index in [1.807, 2.05) is 6.07 Å².